The van der Waals surface area contributed by atoms with E-state index >= 15 is 0 Å². The molecular formula is C14H25ClN2O. The van der Waals surface area contributed by atoms with E-state index in [1.807, 2.05) is 0 Å². The zero-order valence-corrected chi connectivity index (χ0v) is 11.8. The minimum atomic E-state index is 0. The summed E-state index contributed by atoms with van der Waals surface area (Å²) in [6.45, 7) is 2.04. The number of halogens is 1. The molecular weight excluding hydrogens is 248 g/mol. The lowest BCUT2D eigenvalue weighted by Crippen LogP contribution is -2.40. The van der Waals surface area contributed by atoms with Crippen molar-refractivity contribution in [1.82, 2.24) is 4.90 Å². The highest BCUT2D eigenvalue weighted by Crippen LogP contribution is 2.37. The molecule has 1 heterocycles. The minimum absolute atomic E-state index is 0. The molecule has 2 aliphatic carbocycles. The Morgan fingerprint density at radius 1 is 0.944 bits per heavy atom. The maximum atomic E-state index is 12.4. The summed E-state index contributed by atoms with van der Waals surface area (Å²) in [5.41, 5.74) is 6.05. The second-order valence-corrected chi connectivity index (χ2v) is 6.25. The first-order valence-corrected chi connectivity index (χ1v) is 7.30. The van der Waals surface area contributed by atoms with Gasteiger partial charge in [-0.05, 0) is 37.5 Å². The molecule has 3 aliphatic rings. The van der Waals surface area contributed by atoms with Crippen LogP contribution in [-0.4, -0.2) is 29.9 Å². The van der Waals surface area contributed by atoms with Crippen molar-refractivity contribution >= 4 is 18.3 Å². The first-order chi connectivity index (χ1) is 8.25. The van der Waals surface area contributed by atoms with Gasteiger partial charge in [-0.1, -0.05) is 19.3 Å². The number of nitrogens with two attached hydrogens (primary N) is 1. The molecule has 3 rings (SSSR count). The van der Waals surface area contributed by atoms with Crippen LogP contribution in [0.2, 0.25) is 0 Å². The summed E-state index contributed by atoms with van der Waals surface area (Å²) in [6.07, 6.45) is 8.61. The molecule has 104 valence electrons. The number of hydrogen-bond acceptors (Lipinski definition) is 2. The third kappa shape index (κ3) is 2.53. The molecule has 3 fully saturated rings. The molecule has 2 saturated carbocycles. The standard InChI is InChI=1S/C14H24N2O.ClH/c15-13-7-3-6-12(13)14(17)16-8-10-4-1-2-5-11(10)9-16;/h10-13H,1-9,15H2;1H. The van der Waals surface area contributed by atoms with Crippen molar-refractivity contribution in [3.05, 3.63) is 0 Å². The smallest absolute Gasteiger partial charge is 0.227 e. The van der Waals surface area contributed by atoms with Gasteiger partial charge in [0.25, 0.3) is 0 Å². The second-order valence-electron chi connectivity index (χ2n) is 6.25. The van der Waals surface area contributed by atoms with E-state index in [-0.39, 0.29) is 24.4 Å². The predicted molar refractivity (Wildman–Crippen MR) is 74.6 cm³/mol. The van der Waals surface area contributed by atoms with Crippen LogP contribution in [0, 0.1) is 17.8 Å². The van der Waals surface area contributed by atoms with Gasteiger partial charge in [-0.2, -0.15) is 0 Å². The number of hydrogen-bond donors (Lipinski definition) is 1. The molecule has 0 radical (unpaired) electrons. The highest BCUT2D eigenvalue weighted by Gasteiger charge is 2.40. The average Bonchev–Trinajstić information content (AvgIpc) is 2.93. The molecule has 1 saturated heterocycles. The van der Waals surface area contributed by atoms with Crippen molar-refractivity contribution in [2.75, 3.05) is 13.1 Å². The highest BCUT2D eigenvalue weighted by molar-refractivity contribution is 5.85. The third-order valence-electron chi connectivity index (χ3n) is 5.17. The molecule has 4 heteroatoms. The minimum Gasteiger partial charge on any atom is -0.342 e. The van der Waals surface area contributed by atoms with Crippen LogP contribution in [0.25, 0.3) is 0 Å². The fraction of sp³-hybridized carbons (Fsp3) is 0.929. The summed E-state index contributed by atoms with van der Waals surface area (Å²) in [6, 6.07) is 0.130. The lowest BCUT2D eigenvalue weighted by molar-refractivity contribution is -0.134. The molecule has 0 aromatic heterocycles. The Bertz CT molecular complexity index is 296. The maximum absolute atomic E-state index is 12.4. The van der Waals surface area contributed by atoms with Crippen LogP contribution >= 0.6 is 12.4 Å². The molecule has 1 amide bonds. The summed E-state index contributed by atoms with van der Waals surface area (Å²) in [4.78, 5) is 14.6. The van der Waals surface area contributed by atoms with E-state index in [0.717, 1.165) is 44.2 Å². The number of fused-ring (bicyclic) bond motifs is 1. The van der Waals surface area contributed by atoms with Crippen LogP contribution in [0.5, 0.6) is 0 Å². The van der Waals surface area contributed by atoms with Gasteiger partial charge < -0.3 is 10.6 Å². The number of likely N-dealkylation sites (tertiary alicyclic amines) is 1. The van der Waals surface area contributed by atoms with Crippen LogP contribution < -0.4 is 5.73 Å². The molecule has 0 aromatic rings. The predicted octanol–water partition coefficient (Wildman–Crippen LogP) is 2.18. The Hall–Kier alpha value is -0.280. The summed E-state index contributed by atoms with van der Waals surface area (Å²) in [7, 11) is 0. The average molecular weight is 273 g/mol. The molecule has 18 heavy (non-hydrogen) atoms. The summed E-state index contributed by atoms with van der Waals surface area (Å²) in [5.74, 6) is 2.09. The summed E-state index contributed by atoms with van der Waals surface area (Å²) >= 11 is 0. The van der Waals surface area contributed by atoms with Gasteiger partial charge in [-0.15, -0.1) is 12.4 Å². The monoisotopic (exact) mass is 272 g/mol. The van der Waals surface area contributed by atoms with E-state index < -0.39 is 0 Å². The number of rotatable bonds is 1. The number of carbonyl (C=O) groups is 1. The third-order valence-corrected chi connectivity index (χ3v) is 5.17. The van der Waals surface area contributed by atoms with Gasteiger partial charge in [0.1, 0.15) is 0 Å². The molecule has 2 N–H and O–H groups in total. The van der Waals surface area contributed by atoms with Gasteiger partial charge in [-0.25, -0.2) is 0 Å². The van der Waals surface area contributed by atoms with Gasteiger partial charge in [0.05, 0.1) is 5.92 Å². The zero-order valence-electron chi connectivity index (χ0n) is 11.0. The Labute approximate surface area is 116 Å². The number of carbonyl (C=O) groups excluding carboxylic acids is 1. The Morgan fingerprint density at radius 2 is 1.56 bits per heavy atom. The molecule has 0 aromatic carbocycles. The van der Waals surface area contributed by atoms with Crippen LogP contribution in [0.4, 0.5) is 0 Å². The van der Waals surface area contributed by atoms with Gasteiger partial charge in [0.2, 0.25) is 5.91 Å². The van der Waals surface area contributed by atoms with E-state index in [4.69, 9.17) is 5.73 Å². The molecule has 0 spiro atoms. The van der Waals surface area contributed by atoms with E-state index in [1.54, 1.807) is 0 Å². The topological polar surface area (TPSA) is 46.3 Å². The quantitative estimate of drug-likeness (QED) is 0.795. The SMILES string of the molecule is Cl.NC1CCCC1C(=O)N1CC2CCCCC2C1. The van der Waals surface area contributed by atoms with E-state index in [2.05, 4.69) is 4.90 Å². The van der Waals surface area contributed by atoms with Crippen LogP contribution in [0.15, 0.2) is 0 Å². The van der Waals surface area contributed by atoms with E-state index in [9.17, 15) is 4.79 Å². The molecule has 4 unspecified atom stereocenters. The van der Waals surface area contributed by atoms with Crippen LogP contribution in [0.1, 0.15) is 44.9 Å². The van der Waals surface area contributed by atoms with Gasteiger partial charge in [-0.3, -0.25) is 4.79 Å². The van der Waals surface area contributed by atoms with Crippen molar-refractivity contribution < 1.29 is 4.79 Å². The fourth-order valence-electron chi connectivity index (χ4n) is 4.12. The Kier molecular flexibility index (Phi) is 4.54. The van der Waals surface area contributed by atoms with Crippen molar-refractivity contribution in [3.8, 4) is 0 Å². The Balaban J connectivity index is 0.00000120. The lowest BCUT2D eigenvalue weighted by atomic mass is 9.82. The Morgan fingerprint density at radius 3 is 2.06 bits per heavy atom. The van der Waals surface area contributed by atoms with Crippen LogP contribution in [0.3, 0.4) is 0 Å². The molecule has 1 aliphatic heterocycles. The van der Waals surface area contributed by atoms with Crippen molar-refractivity contribution in [2.24, 2.45) is 23.5 Å². The van der Waals surface area contributed by atoms with E-state index in [0.29, 0.717) is 5.91 Å². The summed E-state index contributed by atoms with van der Waals surface area (Å²) in [5, 5.41) is 0. The molecule has 4 atom stereocenters. The lowest BCUT2D eigenvalue weighted by Gasteiger charge is -2.23. The number of amides is 1. The zero-order chi connectivity index (χ0) is 11.8. The first kappa shape index (κ1) is 14.1. The van der Waals surface area contributed by atoms with Gasteiger partial charge >= 0.3 is 0 Å². The molecule has 3 nitrogen and oxygen atoms in total. The second kappa shape index (κ2) is 5.79. The fourth-order valence-corrected chi connectivity index (χ4v) is 4.12. The van der Waals surface area contributed by atoms with Gasteiger partial charge in [0.15, 0.2) is 0 Å². The first-order valence-electron chi connectivity index (χ1n) is 7.30. The normalized spacial score (nSPS) is 39.3. The maximum Gasteiger partial charge on any atom is 0.227 e. The van der Waals surface area contributed by atoms with Crippen LogP contribution in [-0.2, 0) is 4.79 Å². The van der Waals surface area contributed by atoms with Crippen molar-refractivity contribution in [3.63, 3.8) is 0 Å². The number of nitrogens with zero attached hydrogens (tertiary/aromatic N) is 1. The highest BCUT2D eigenvalue weighted by atomic mass is 35.5. The summed E-state index contributed by atoms with van der Waals surface area (Å²) < 4.78 is 0. The largest absolute Gasteiger partial charge is 0.342 e. The van der Waals surface area contributed by atoms with E-state index in [1.165, 1.54) is 25.7 Å². The van der Waals surface area contributed by atoms with Crippen molar-refractivity contribution in [1.29, 1.82) is 0 Å². The molecule has 0 bridgehead atoms. The van der Waals surface area contributed by atoms with Gasteiger partial charge in [0, 0.05) is 19.1 Å². The van der Waals surface area contributed by atoms with Crippen molar-refractivity contribution in [2.45, 2.75) is 51.0 Å².